The van der Waals surface area contributed by atoms with E-state index in [1.165, 1.54) is 0 Å². The summed E-state index contributed by atoms with van der Waals surface area (Å²) in [5.41, 5.74) is 0. The van der Waals surface area contributed by atoms with Gasteiger partial charge in [0.15, 0.2) is 0 Å². The Morgan fingerprint density at radius 1 is 0.929 bits per heavy atom. The molecule has 0 aromatic heterocycles. The number of rotatable bonds is 8. The van der Waals surface area contributed by atoms with Crippen LogP contribution in [0.2, 0.25) is 0 Å². The maximum atomic E-state index is 11.7. The molecule has 0 aromatic rings. The van der Waals surface area contributed by atoms with E-state index < -0.39 is 12.6 Å². The van der Waals surface area contributed by atoms with Gasteiger partial charge in [0, 0.05) is 19.5 Å². The highest BCUT2D eigenvalue weighted by Crippen LogP contribution is 2.21. The third-order valence-corrected chi connectivity index (χ3v) is 1.79. The number of likely N-dealkylation sites (N-methyl/N-ethyl adjacent to an activating group) is 1. The predicted molar refractivity (Wildman–Crippen MR) is 51.3 cm³/mol. The van der Waals surface area contributed by atoms with E-state index >= 15 is 0 Å². The first-order chi connectivity index (χ1) is 6.56. The molecule has 0 fully saturated rings. The number of hydrogen-bond acceptors (Lipinski definition) is 2. The molecule has 0 aliphatic heterocycles. The zero-order valence-electron chi connectivity index (χ0n) is 8.58. The first-order valence-electron chi connectivity index (χ1n) is 5.04. The minimum atomic E-state index is -4.00. The summed E-state index contributed by atoms with van der Waals surface area (Å²) >= 11 is 0. The standard InChI is InChI=1S/C9H19F3N2/c1-2-13-7-8-14-6-4-3-5-9(10,11)12/h13-14H,2-8H2,1H3. The van der Waals surface area contributed by atoms with Crippen molar-refractivity contribution in [3.63, 3.8) is 0 Å². The predicted octanol–water partition coefficient (Wildman–Crippen LogP) is 1.92. The van der Waals surface area contributed by atoms with Crippen molar-refractivity contribution < 1.29 is 13.2 Å². The van der Waals surface area contributed by atoms with Crippen LogP contribution in [0.15, 0.2) is 0 Å². The van der Waals surface area contributed by atoms with Gasteiger partial charge in [-0.05, 0) is 25.9 Å². The second-order valence-electron chi connectivity index (χ2n) is 3.18. The summed E-state index contributed by atoms with van der Waals surface area (Å²) in [6, 6.07) is 0. The summed E-state index contributed by atoms with van der Waals surface area (Å²) in [4.78, 5) is 0. The van der Waals surface area contributed by atoms with Crippen LogP contribution in [-0.2, 0) is 0 Å². The topological polar surface area (TPSA) is 24.1 Å². The van der Waals surface area contributed by atoms with E-state index in [-0.39, 0.29) is 6.42 Å². The molecule has 0 heterocycles. The maximum Gasteiger partial charge on any atom is 0.389 e. The van der Waals surface area contributed by atoms with Gasteiger partial charge in [-0.3, -0.25) is 0 Å². The van der Waals surface area contributed by atoms with Gasteiger partial charge in [-0.15, -0.1) is 0 Å². The van der Waals surface area contributed by atoms with Gasteiger partial charge in [0.2, 0.25) is 0 Å². The molecule has 14 heavy (non-hydrogen) atoms. The number of halogens is 3. The lowest BCUT2D eigenvalue weighted by Gasteiger charge is -2.07. The Hall–Kier alpha value is -0.290. The Labute approximate surface area is 83.3 Å². The fourth-order valence-corrected chi connectivity index (χ4v) is 1.05. The van der Waals surface area contributed by atoms with Gasteiger partial charge in [0.1, 0.15) is 0 Å². The lowest BCUT2D eigenvalue weighted by atomic mass is 10.2. The molecule has 0 aromatic carbocycles. The van der Waals surface area contributed by atoms with E-state index in [2.05, 4.69) is 10.6 Å². The van der Waals surface area contributed by atoms with Crippen LogP contribution in [0.5, 0.6) is 0 Å². The molecule has 0 rings (SSSR count). The highest BCUT2D eigenvalue weighted by molar-refractivity contribution is 4.54. The molecule has 0 saturated heterocycles. The van der Waals surface area contributed by atoms with Crippen molar-refractivity contribution in [2.75, 3.05) is 26.2 Å². The molecule has 0 aliphatic rings. The van der Waals surface area contributed by atoms with E-state index in [0.29, 0.717) is 13.0 Å². The van der Waals surface area contributed by atoms with Gasteiger partial charge in [0.05, 0.1) is 0 Å². The van der Waals surface area contributed by atoms with Crippen LogP contribution in [0.4, 0.5) is 13.2 Å². The monoisotopic (exact) mass is 212 g/mol. The van der Waals surface area contributed by atoms with E-state index in [1.807, 2.05) is 6.92 Å². The van der Waals surface area contributed by atoms with Crippen LogP contribution in [0.3, 0.4) is 0 Å². The van der Waals surface area contributed by atoms with Gasteiger partial charge in [-0.1, -0.05) is 6.92 Å². The average Bonchev–Trinajstić information content (AvgIpc) is 2.08. The van der Waals surface area contributed by atoms with Gasteiger partial charge in [0.25, 0.3) is 0 Å². The Morgan fingerprint density at radius 2 is 1.57 bits per heavy atom. The van der Waals surface area contributed by atoms with E-state index in [1.54, 1.807) is 0 Å². The van der Waals surface area contributed by atoms with Gasteiger partial charge in [-0.2, -0.15) is 13.2 Å². The minimum Gasteiger partial charge on any atom is -0.316 e. The molecule has 86 valence electrons. The first-order valence-corrected chi connectivity index (χ1v) is 5.04. The third kappa shape index (κ3) is 11.7. The smallest absolute Gasteiger partial charge is 0.316 e. The van der Waals surface area contributed by atoms with E-state index in [9.17, 15) is 13.2 Å². The first kappa shape index (κ1) is 13.7. The van der Waals surface area contributed by atoms with Crippen LogP contribution >= 0.6 is 0 Å². The van der Waals surface area contributed by atoms with Crippen molar-refractivity contribution in [1.82, 2.24) is 10.6 Å². The molecular weight excluding hydrogens is 193 g/mol. The second kappa shape index (κ2) is 8.05. The molecule has 2 nitrogen and oxygen atoms in total. The Bertz CT molecular complexity index is 126. The van der Waals surface area contributed by atoms with E-state index in [0.717, 1.165) is 19.6 Å². The second-order valence-corrected chi connectivity index (χ2v) is 3.18. The summed E-state index contributed by atoms with van der Waals surface area (Å²) < 4.78 is 35.1. The molecular formula is C9H19F3N2. The number of nitrogens with one attached hydrogen (secondary N) is 2. The van der Waals surface area contributed by atoms with Crippen LogP contribution in [0, 0.1) is 0 Å². The van der Waals surface area contributed by atoms with Gasteiger partial charge < -0.3 is 10.6 Å². The van der Waals surface area contributed by atoms with Crippen molar-refractivity contribution in [3.05, 3.63) is 0 Å². The number of hydrogen-bond donors (Lipinski definition) is 2. The molecule has 0 aliphatic carbocycles. The van der Waals surface area contributed by atoms with Gasteiger partial charge >= 0.3 is 6.18 Å². The van der Waals surface area contributed by atoms with E-state index in [4.69, 9.17) is 0 Å². The van der Waals surface area contributed by atoms with Crippen molar-refractivity contribution in [2.45, 2.75) is 32.4 Å². The summed E-state index contributed by atoms with van der Waals surface area (Å²) in [5.74, 6) is 0. The highest BCUT2D eigenvalue weighted by Gasteiger charge is 2.25. The van der Waals surface area contributed by atoms with Crippen LogP contribution in [0.25, 0.3) is 0 Å². The lowest BCUT2D eigenvalue weighted by molar-refractivity contribution is -0.135. The van der Waals surface area contributed by atoms with Crippen molar-refractivity contribution in [1.29, 1.82) is 0 Å². The zero-order valence-corrected chi connectivity index (χ0v) is 8.58. The molecule has 0 unspecified atom stereocenters. The lowest BCUT2D eigenvalue weighted by Crippen LogP contribution is -2.27. The minimum absolute atomic E-state index is 0.220. The molecule has 0 amide bonds. The molecule has 0 radical (unpaired) electrons. The largest absolute Gasteiger partial charge is 0.389 e. The SMILES string of the molecule is CCNCCNCCCCC(F)(F)F. The quantitative estimate of drug-likeness (QED) is 0.601. The summed E-state index contributed by atoms with van der Waals surface area (Å²) in [7, 11) is 0. The fraction of sp³-hybridized carbons (Fsp3) is 1.00. The number of alkyl halides is 3. The molecule has 2 N–H and O–H groups in total. The molecule has 0 saturated carbocycles. The van der Waals surface area contributed by atoms with Crippen LogP contribution < -0.4 is 10.6 Å². The Kier molecular flexibility index (Phi) is 7.89. The number of unbranched alkanes of at least 4 members (excludes halogenated alkanes) is 1. The fourth-order valence-electron chi connectivity index (χ4n) is 1.05. The molecule has 5 heteroatoms. The van der Waals surface area contributed by atoms with Crippen molar-refractivity contribution >= 4 is 0 Å². The summed E-state index contributed by atoms with van der Waals surface area (Å²) in [5, 5.41) is 6.20. The average molecular weight is 212 g/mol. The van der Waals surface area contributed by atoms with Crippen LogP contribution in [-0.4, -0.2) is 32.4 Å². The zero-order chi connectivity index (χ0) is 10.9. The Morgan fingerprint density at radius 3 is 2.14 bits per heavy atom. The normalized spacial score (nSPS) is 12.0. The van der Waals surface area contributed by atoms with Crippen molar-refractivity contribution in [3.8, 4) is 0 Å². The maximum absolute atomic E-state index is 11.7. The summed E-state index contributed by atoms with van der Waals surface area (Å²) in [6.45, 7) is 5.30. The molecule has 0 atom stereocenters. The molecule has 0 spiro atoms. The Balaban J connectivity index is 2.99. The molecule has 0 bridgehead atoms. The third-order valence-electron chi connectivity index (χ3n) is 1.79. The van der Waals surface area contributed by atoms with Crippen molar-refractivity contribution in [2.24, 2.45) is 0 Å². The summed E-state index contributed by atoms with van der Waals surface area (Å²) in [6.07, 6.45) is -3.85. The van der Waals surface area contributed by atoms with Crippen LogP contribution in [0.1, 0.15) is 26.2 Å². The highest BCUT2D eigenvalue weighted by atomic mass is 19.4. The van der Waals surface area contributed by atoms with Gasteiger partial charge in [-0.25, -0.2) is 0 Å².